The van der Waals surface area contributed by atoms with Crippen LogP contribution in [0.15, 0.2) is 6.20 Å². The average Bonchev–Trinajstić information content (AvgIpc) is 1.93. The van der Waals surface area contributed by atoms with Crippen LogP contribution in [-0.4, -0.2) is 16.1 Å². The van der Waals surface area contributed by atoms with Gasteiger partial charge in [-0.25, -0.2) is 9.97 Å². The quantitative estimate of drug-likeness (QED) is 0.721. The Morgan fingerprint density at radius 2 is 2.08 bits per heavy atom. The topological polar surface area (TPSA) is 51.8 Å². The van der Waals surface area contributed by atoms with Gasteiger partial charge in [-0.1, -0.05) is 11.6 Å². The Morgan fingerprint density at radius 3 is 2.54 bits per heavy atom. The van der Waals surface area contributed by atoms with E-state index >= 15 is 0 Å². The fourth-order valence-corrected chi connectivity index (χ4v) is 0.935. The highest BCUT2D eigenvalue weighted by Gasteiger charge is 2.29. The van der Waals surface area contributed by atoms with Crippen LogP contribution in [0.3, 0.4) is 0 Å². The van der Waals surface area contributed by atoms with Gasteiger partial charge < -0.3 is 5.73 Å². The Bertz CT molecular complexity index is 312. The number of alkyl halides is 3. The van der Waals surface area contributed by atoms with Crippen LogP contribution in [0.4, 0.5) is 19.1 Å². The Morgan fingerprint density at radius 1 is 1.46 bits per heavy atom. The highest BCUT2D eigenvalue weighted by molar-refractivity contribution is 6.30. The van der Waals surface area contributed by atoms with Crippen molar-refractivity contribution in [2.45, 2.75) is 12.6 Å². The van der Waals surface area contributed by atoms with Crippen molar-refractivity contribution in [3.05, 3.63) is 16.9 Å². The maximum absolute atomic E-state index is 11.9. The summed E-state index contributed by atoms with van der Waals surface area (Å²) in [6.45, 7) is 0. The van der Waals surface area contributed by atoms with Gasteiger partial charge in [-0.05, 0) is 0 Å². The molecule has 3 nitrogen and oxygen atoms in total. The molecule has 0 saturated carbocycles. The van der Waals surface area contributed by atoms with Crippen molar-refractivity contribution in [2.24, 2.45) is 0 Å². The summed E-state index contributed by atoms with van der Waals surface area (Å²) in [6.07, 6.45) is -4.49. The molecule has 0 bridgehead atoms. The second kappa shape index (κ2) is 3.37. The molecule has 0 atom stereocenters. The molecule has 0 aliphatic carbocycles. The van der Waals surface area contributed by atoms with E-state index in [4.69, 9.17) is 17.3 Å². The lowest BCUT2D eigenvalue weighted by Crippen LogP contribution is -2.13. The zero-order valence-electron chi connectivity index (χ0n) is 6.27. The molecule has 0 saturated heterocycles. The summed E-state index contributed by atoms with van der Waals surface area (Å²) in [4.78, 5) is 6.80. The Labute approximate surface area is 76.7 Å². The second-order valence-electron chi connectivity index (χ2n) is 2.34. The maximum atomic E-state index is 11.9. The first-order valence-corrected chi connectivity index (χ1v) is 3.60. The summed E-state index contributed by atoms with van der Waals surface area (Å²) in [5.41, 5.74) is 4.93. The number of rotatable bonds is 1. The van der Waals surface area contributed by atoms with Gasteiger partial charge in [0.15, 0.2) is 0 Å². The molecule has 0 spiro atoms. The minimum Gasteiger partial charge on any atom is -0.368 e. The molecule has 7 heteroatoms. The lowest BCUT2D eigenvalue weighted by Gasteiger charge is -2.06. The molecule has 1 heterocycles. The molecule has 1 aromatic rings. The number of nitrogen functional groups attached to an aromatic ring is 1. The lowest BCUT2D eigenvalue weighted by atomic mass is 10.2. The third-order valence-electron chi connectivity index (χ3n) is 1.22. The molecule has 0 aliphatic heterocycles. The van der Waals surface area contributed by atoms with Crippen molar-refractivity contribution in [3.8, 4) is 0 Å². The molecule has 0 aromatic carbocycles. The van der Waals surface area contributed by atoms with E-state index in [1.807, 2.05) is 0 Å². The van der Waals surface area contributed by atoms with E-state index in [1.165, 1.54) is 0 Å². The lowest BCUT2D eigenvalue weighted by molar-refractivity contribution is -0.127. The van der Waals surface area contributed by atoms with Gasteiger partial charge in [0.05, 0.1) is 6.42 Å². The third kappa shape index (κ3) is 3.06. The van der Waals surface area contributed by atoms with Crippen LogP contribution < -0.4 is 5.73 Å². The third-order valence-corrected chi connectivity index (χ3v) is 1.55. The molecule has 13 heavy (non-hydrogen) atoms. The summed E-state index contributed by atoms with van der Waals surface area (Å²) < 4.78 is 35.6. The molecule has 1 aromatic heterocycles. The van der Waals surface area contributed by atoms with E-state index < -0.39 is 12.6 Å². The molecule has 2 N–H and O–H groups in total. The fourth-order valence-electron chi connectivity index (χ4n) is 0.733. The predicted octanol–water partition coefficient (Wildman–Crippen LogP) is 1.82. The smallest absolute Gasteiger partial charge is 0.368 e. The van der Waals surface area contributed by atoms with Crippen LogP contribution in [0.2, 0.25) is 5.15 Å². The van der Waals surface area contributed by atoms with Gasteiger partial charge in [0.25, 0.3) is 0 Å². The minimum absolute atomic E-state index is 0.143. The largest absolute Gasteiger partial charge is 0.393 e. The SMILES string of the molecule is Nc1ncc(CC(F)(F)F)c(Cl)n1. The van der Waals surface area contributed by atoms with Crippen LogP contribution in [0.5, 0.6) is 0 Å². The standard InChI is InChI=1S/C6H5ClF3N3/c7-4-3(1-6(8,9)10)2-12-5(11)13-4/h2H,1H2,(H2,11,12,13). The number of aromatic nitrogens is 2. The van der Waals surface area contributed by atoms with Crippen LogP contribution >= 0.6 is 11.6 Å². The van der Waals surface area contributed by atoms with Gasteiger partial charge >= 0.3 is 6.18 Å². The first-order chi connectivity index (χ1) is 5.88. The summed E-state index contributed by atoms with van der Waals surface area (Å²) in [5.74, 6) is -0.143. The number of anilines is 1. The molecule has 0 unspecified atom stereocenters. The molecule has 72 valence electrons. The minimum atomic E-state index is -4.32. The first-order valence-electron chi connectivity index (χ1n) is 3.22. The Hall–Kier alpha value is -1.04. The summed E-state index contributed by atoms with van der Waals surface area (Å²) in [6, 6.07) is 0. The van der Waals surface area contributed by atoms with Crippen LogP contribution in [0.1, 0.15) is 5.56 Å². The van der Waals surface area contributed by atoms with Crippen LogP contribution in [-0.2, 0) is 6.42 Å². The highest BCUT2D eigenvalue weighted by Crippen LogP contribution is 2.24. The molecular weight excluding hydrogens is 207 g/mol. The van der Waals surface area contributed by atoms with E-state index in [-0.39, 0.29) is 16.7 Å². The van der Waals surface area contributed by atoms with Crippen molar-refractivity contribution < 1.29 is 13.2 Å². The zero-order chi connectivity index (χ0) is 10.1. The number of nitrogens with two attached hydrogens (primary N) is 1. The van der Waals surface area contributed by atoms with E-state index in [2.05, 4.69) is 9.97 Å². The van der Waals surface area contributed by atoms with Crippen molar-refractivity contribution in [1.82, 2.24) is 9.97 Å². The van der Waals surface area contributed by atoms with E-state index in [0.29, 0.717) is 0 Å². The van der Waals surface area contributed by atoms with Gasteiger partial charge in [-0.2, -0.15) is 13.2 Å². The average molecular weight is 212 g/mol. The molecule has 0 aliphatic rings. The normalized spacial score (nSPS) is 11.7. The molecule has 0 amide bonds. The molecule has 0 fully saturated rings. The van der Waals surface area contributed by atoms with E-state index in [1.54, 1.807) is 0 Å². The van der Waals surface area contributed by atoms with E-state index in [0.717, 1.165) is 6.20 Å². The Balaban J connectivity index is 2.90. The van der Waals surface area contributed by atoms with Gasteiger partial charge in [0.1, 0.15) is 5.15 Å². The Kier molecular flexibility index (Phi) is 2.60. The number of nitrogens with zero attached hydrogens (tertiary/aromatic N) is 2. The second-order valence-corrected chi connectivity index (χ2v) is 2.69. The van der Waals surface area contributed by atoms with Crippen molar-refractivity contribution in [2.75, 3.05) is 5.73 Å². The summed E-state index contributed by atoms with van der Waals surface area (Å²) in [5, 5.41) is -0.259. The highest BCUT2D eigenvalue weighted by atomic mass is 35.5. The molecule has 1 rings (SSSR count). The molecule has 0 radical (unpaired) electrons. The van der Waals surface area contributed by atoms with Gasteiger partial charge in [0.2, 0.25) is 5.95 Å². The zero-order valence-corrected chi connectivity index (χ0v) is 7.02. The fraction of sp³-hybridized carbons (Fsp3) is 0.333. The van der Waals surface area contributed by atoms with E-state index in [9.17, 15) is 13.2 Å². The van der Waals surface area contributed by atoms with Gasteiger partial charge in [-0.3, -0.25) is 0 Å². The van der Waals surface area contributed by atoms with Crippen molar-refractivity contribution >= 4 is 17.5 Å². The predicted molar refractivity (Wildman–Crippen MR) is 41.2 cm³/mol. The monoisotopic (exact) mass is 211 g/mol. The number of hydrogen-bond acceptors (Lipinski definition) is 3. The molecular formula is C6H5ClF3N3. The van der Waals surface area contributed by atoms with Crippen molar-refractivity contribution in [1.29, 1.82) is 0 Å². The number of halogens is 4. The van der Waals surface area contributed by atoms with Crippen LogP contribution in [0, 0.1) is 0 Å². The van der Waals surface area contributed by atoms with Crippen LogP contribution in [0.25, 0.3) is 0 Å². The summed E-state index contributed by atoms with van der Waals surface area (Å²) >= 11 is 5.40. The van der Waals surface area contributed by atoms with Gasteiger partial charge in [-0.15, -0.1) is 0 Å². The van der Waals surface area contributed by atoms with Crippen molar-refractivity contribution in [3.63, 3.8) is 0 Å². The van der Waals surface area contributed by atoms with Gasteiger partial charge in [0, 0.05) is 11.8 Å². The first kappa shape index (κ1) is 10.0. The maximum Gasteiger partial charge on any atom is 0.393 e. The summed E-state index contributed by atoms with van der Waals surface area (Å²) in [7, 11) is 0. The number of hydrogen-bond donors (Lipinski definition) is 1.